The first-order valence-electron chi connectivity index (χ1n) is 9.10. The number of fused-ring (bicyclic) bond motifs is 1. The molecule has 1 spiro atoms. The molecule has 2 aliphatic carbocycles. The van der Waals surface area contributed by atoms with Crippen LogP contribution in [-0.2, 0) is 11.2 Å². The fourth-order valence-electron chi connectivity index (χ4n) is 4.49. The van der Waals surface area contributed by atoms with E-state index in [1.165, 1.54) is 24.1 Å². The van der Waals surface area contributed by atoms with Crippen LogP contribution in [0.15, 0.2) is 6.20 Å². The van der Waals surface area contributed by atoms with Crippen LogP contribution in [0.1, 0.15) is 63.8 Å². The van der Waals surface area contributed by atoms with E-state index in [9.17, 15) is 4.79 Å². The Labute approximate surface area is 143 Å². The largest absolute Gasteiger partial charge is 0.444 e. The summed E-state index contributed by atoms with van der Waals surface area (Å²) in [4.78, 5) is 13.9. The molecule has 2 N–H and O–H groups in total. The molecular formula is C18H28N4O2. The molecule has 1 saturated carbocycles. The average molecular weight is 332 g/mol. The Morgan fingerprint density at radius 3 is 2.88 bits per heavy atom. The minimum Gasteiger partial charge on any atom is -0.444 e. The van der Waals surface area contributed by atoms with Gasteiger partial charge < -0.3 is 15.0 Å². The molecule has 1 atom stereocenters. The Balaban J connectivity index is 1.25. The van der Waals surface area contributed by atoms with Crippen molar-refractivity contribution in [2.45, 2.75) is 70.6 Å². The van der Waals surface area contributed by atoms with Gasteiger partial charge in [-0.1, -0.05) is 0 Å². The average Bonchev–Trinajstić information content (AvgIpc) is 2.86. The molecule has 3 aliphatic rings. The van der Waals surface area contributed by atoms with Crippen LogP contribution in [0.4, 0.5) is 4.79 Å². The first kappa shape index (κ1) is 15.9. The second-order valence-corrected chi connectivity index (χ2v) is 8.86. The van der Waals surface area contributed by atoms with E-state index in [2.05, 4.69) is 15.5 Å². The van der Waals surface area contributed by atoms with Crippen LogP contribution in [-0.4, -0.2) is 45.9 Å². The summed E-state index contributed by atoms with van der Waals surface area (Å²) in [5, 5.41) is 11.2. The topological polar surface area (TPSA) is 70.2 Å². The number of likely N-dealkylation sites (tertiary alicyclic amines) is 1. The first-order chi connectivity index (χ1) is 11.3. The normalized spacial score (nSPS) is 25.8. The van der Waals surface area contributed by atoms with Gasteiger partial charge in [0.05, 0.1) is 11.9 Å². The maximum absolute atomic E-state index is 12.1. The summed E-state index contributed by atoms with van der Waals surface area (Å²) in [6.07, 6.45) is 7.67. The lowest BCUT2D eigenvalue weighted by molar-refractivity contribution is -0.0847. The van der Waals surface area contributed by atoms with E-state index in [4.69, 9.17) is 4.74 Å². The third-order valence-corrected chi connectivity index (χ3v) is 5.54. The molecule has 0 bridgehead atoms. The van der Waals surface area contributed by atoms with Crippen molar-refractivity contribution >= 4 is 6.09 Å². The maximum atomic E-state index is 12.1. The Bertz CT molecular complexity index is 619. The molecule has 24 heavy (non-hydrogen) atoms. The van der Waals surface area contributed by atoms with Crippen LogP contribution in [0.25, 0.3) is 0 Å². The number of nitrogens with zero attached hydrogens (tertiary/aromatic N) is 2. The van der Waals surface area contributed by atoms with Crippen LogP contribution in [0.2, 0.25) is 0 Å². The van der Waals surface area contributed by atoms with Crippen molar-refractivity contribution in [2.24, 2.45) is 5.41 Å². The maximum Gasteiger partial charge on any atom is 0.410 e. The molecule has 1 unspecified atom stereocenters. The SMILES string of the molecule is CC(C)(C)OC(=O)N1CC2(CC(NC3CCCc4cn[nH]c43)C2)C1. The standard InChI is InChI=1S/C18H28N4O2/c1-17(2,3)24-16(23)22-10-18(11-22)7-13(8-18)20-14-6-4-5-12-9-19-21-15(12)14/h9,13-14,20H,4-8,10-11H2,1-3H3,(H,19,21). The summed E-state index contributed by atoms with van der Waals surface area (Å²) in [5.41, 5.74) is 2.57. The number of amides is 1. The van der Waals surface area contributed by atoms with Crippen molar-refractivity contribution in [2.75, 3.05) is 13.1 Å². The molecule has 132 valence electrons. The number of nitrogens with one attached hydrogen (secondary N) is 2. The predicted molar refractivity (Wildman–Crippen MR) is 90.7 cm³/mol. The highest BCUT2D eigenvalue weighted by Crippen LogP contribution is 2.49. The van der Waals surface area contributed by atoms with Crippen molar-refractivity contribution in [1.82, 2.24) is 20.4 Å². The van der Waals surface area contributed by atoms with E-state index in [0.717, 1.165) is 32.4 Å². The minimum absolute atomic E-state index is 0.168. The third kappa shape index (κ3) is 2.92. The molecule has 6 heteroatoms. The third-order valence-electron chi connectivity index (χ3n) is 5.54. The molecule has 1 saturated heterocycles. The number of rotatable bonds is 2. The Morgan fingerprint density at radius 2 is 2.17 bits per heavy atom. The lowest BCUT2D eigenvalue weighted by Crippen LogP contribution is -2.67. The van der Waals surface area contributed by atoms with Gasteiger partial charge in [-0.3, -0.25) is 5.10 Å². The molecular weight excluding hydrogens is 304 g/mol. The molecule has 1 aromatic rings. The number of aromatic amines is 1. The second kappa shape index (κ2) is 5.48. The molecule has 1 aromatic heterocycles. The van der Waals surface area contributed by atoms with Gasteiger partial charge in [0.15, 0.2) is 0 Å². The van der Waals surface area contributed by atoms with Crippen molar-refractivity contribution in [3.8, 4) is 0 Å². The van der Waals surface area contributed by atoms with Gasteiger partial charge in [-0.05, 0) is 58.4 Å². The Hall–Kier alpha value is -1.56. The molecule has 1 aliphatic heterocycles. The van der Waals surface area contributed by atoms with Crippen LogP contribution in [0.3, 0.4) is 0 Å². The first-order valence-corrected chi connectivity index (χ1v) is 9.10. The van der Waals surface area contributed by atoms with Gasteiger partial charge in [0.2, 0.25) is 0 Å². The van der Waals surface area contributed by atoms with Crippen molar-refractivity contribution < 1.29 is 9.53 Å². The van der Waals surface area contributed by atoms with Gasteiger partial charge in [-0.25, -0.2) is 4.79 Å². The van der Waals surface area contributed by atoms with E-state index < -0.39 is 5.60 Å². The van der Waals surface area contributed by atoms with Gasteiger partial charge in [-0.2, -0.15) is 5.10 Å². The van der Waals surface area contributed by atoms with Crippen LogP contribution >= 0.6 is 0 Å². The van der Waals surface area contributed by atoms with Crippen molar-refractivity contribution in [1.29, 1.82) is 0 Å². The number of aryl methyl sites for hydroxylation is 1. The number of hydrogen-bond acceptors (Lipinski definition) is 4. The molecule has 1 amide bonds. The van der Waals surface area contributed by atoms with Crippen LogP contribution in [0, 0.1) is 5.41 Å². The summed E-state index contributed by atoms with van der Waals surface area (Å²) in [5.74, 6) is 0. The van der Waals surface area contributed by atoms with E-state index in [0.29, 0.717) is 17.5 Å². The van der Waals surface area contributed by atoms with E-state index in [1.54, 1.807) is 0 Å². The van der Waals surface area contributed by atoms with Gasteiger partial charge in [0.1, 0.15) is 5.60 Å². The molecule has 4 rings (SSSR count). The summed E-state index contributed by atoms with van der Waals surface area (Å²) in [7, 11) is 0. The second-order valence-electron chi connectivity index (χ2n) is 8.86. The highest BCUT2D eigenvalue weighted by atomic mass is 16.6. The molecule has 2 heterocycles. The van der Waals surface area contributed by atoms with Gasteiger partial charge in [0, 0.05) is 30.6 Å². The Morgan fingerprint density at radius 1 is 1.42 bits per heavy atom. The summed E-state index contributed by atoms with van der Waals surface area (Å²) >= 11 is 0. The monoisotopic (exact) mass is 332 g/mol. The van der Waals surface area contributed by atoms with Crippen LogP contribution in [0.5, 0.6) is 0 Å². The highest BCUT2D eigenvalue weighted by molar-refractivity contribution is 5.69. The van der Waals surface area contributed by atoms with Crippen molar-refractivity contribution in [3.63, 3.8) is 0 Å². The highest BCUT2D eigenvalue weighted by Gasteiger charge is 2.54. The number of aromatic nitrogens is 2. The number of H-pyrrole nitrogens is 1. The summed E-state index contributed by atoms with van der Waals surface area (Å²) in [6, 6.07) is 0.977. The molecule has 2 fully saturated rings. The number of ether oxygens (including phenoxy) is 1. The van der Waals surface area contributed by atoms with E-state index in [1.807, 2.05) is 31.9 Å². The number of carbonyl (C=O) groups is 1. The summed E-state index contributed by atoms with van der Waals surface area (Å²) in [6.45, 7) is 7.44. The van der Waals surface area contributed by atoms with Gasteiger partial charge in [0.25, 0.3) is 0 Å². The zero-order valence-corrected chi connectivity index (χ0v) is 14.9. The van der Waals surface area contributed by atoms with Gasteiger partial charge in [-0.15, -0.1) is 0 Å². The van der Waals surface area contributed by atoms with E-state index in [-0.39, 0.29) is 6.09 Å². The molecule has 0 radical (unpaired) electrons. The number of hydrogen-bond donors (Lipinski definition) is 2. The summed E-state index contributed by atoms with van der Waals surface area (Å²) < 4.78 is 5.44. The Kier molecular flexibility index (Phi) is 3.64. The quantitative estimate of drug-likeness (QED) is 0.874. The van der Waals surface area contributed by atoms with E-state index >= 15 is 0 Å². The molecule has 6 nitrogen and oxygen atoms in total. The van der Waals surface area contributed by atoms with Crippen molar-refractivity contribution in [3.05, 3.63) is 17.5 Å². The fraction of sp³-hybridized carbons (Fsp3) is 0.778. The number of carbonyl (C=O) groups excluding carboxylic acids is 1. The lowest BCUT2D eigenvalue weighted by atomic mass is 9.60. The lowest BCUT2D eigenvalue weighted by Gasteiger charge is -2.59. The van der Waals surface area contributed by atoms with Crippen LogP contribution < -0.4 is 5.32 Å². The predicted octanol–water partition coefficient (Wildman–Crippen LogP) is 2.78. The zero-order chi connectivity index (χ0) is 16.9. The van der Waals surface area contributed by atoms with Gasteiger partial charge >= 0.3 is 6.09 Å². The smallest absolute Gasteiger partial charge is 0.410 e. The molecule has 0 aromatic carbocycles. The minimum atomic E-state index is -0.410. The fourth-order valence-corrected chi connectivity index (χ4v) is 4.49. The zero-order valence-electron chi connectivity index (χ0n) is 14.9.